The molecule has 5 rings (SSSR count). The number of nitroso groups, excluding NO2 is 1. The molecule has 1 amide bonds. The Morgan fingerprint density at radius 3 is 2.35 bits per heavy atom. The summed E-state index contributed by atoms with van der Waals surface area (Å²) < 4.78 is 27.1. The topological polar surface area (TPSA) is 90.8 Å². The quantitative estimate of drug-likeness (QED) is 0.446. The molecular formula is C23H25ClF2N6O2. The van der Waals surface area contributed by atoms with Gasteiger partial charge in [-0.25, -0.2) is 18.7 Å². The molecule has 2 saturated heterocycles. The molecule has 0 radical (unpaired) electrons. The van der Waals surface area contributed by atoms with Crippen LogP contribution in [0.2, 0.25) is 5.15 Å². The first-order valence-electron chi connectivity index (χ1n) is 11.5. The summed E-state index contributed by atoms with van der Waals surface area (Å²) in [4.78, 5) is 36.7. The summed E-state index contributed by atoms with van der Waals surface area (Å²) in [5.41, 5.74) is 1.62. The minimum Gasteiger partial charge on any atom is -0.371 e. The number of anilines is 3. The number of pyridine rings is 2. The van der Waals surface area contributed by atoms with Crippen LogP contribution in [0.25, 0.3) is 0 Å². The van der Waals surface area contributed by atoms with Crippen LogP contribution in [0.1, 0.15) is 48.9 Å². The largest absolute Gasteiger partial charge is 0.371 e. The number of halogens is 3. The second-order valence-corrected chi connectivity index (χ2v) is 9.83. The highest BCUT2D eigenvalue weighted by Gasteiger charge is 2.44. The van der Waals surface area contributed by atoms with Gasteiger partial charge in [-0.15, -0.1) is 4.91 Å². The van der Waals surface area contributed by atoms with Crippen molar-refractivity contribution in [2.24, 2.45) is 10.6 Å². The van der Waals surface area contributed by atoms with Crippen molar-refractivity contribution in [1.82, 2.24) is 9.97 Å². The number of nitrogens with zero attached hydrogens (tertiary/aromatic N) is 5. The Kier molecular flexibility index (Phi) is 5.87. The van der Waals surface area contributed by atoms with Crippen molar-refractivity contribution in [2.75, 3.05) is 41.3 Å². The molecule has 3 aliphatic rings. The van der Waals surface area contributed by atoms with Crippen LogP contribution in [-0.4, -0.2) is 48.0 Å². The molecule has 8 nitrogen and oxygen atoms in total. The summed E-state index contributed by atoms with van der Waals surface area (Å²) in [5.74, 6) is -2.77. The van der Waals surface area contributed by atoms with Gasteiger partial charge in [0.1, 0.15) is 11.0 Å². The average molecular weight is 491 g/mol. The van der Waals surface area contributed by atoms with E-state index in [0.29, 0.717) is 16.1 Å². The Hall–Kier alpha value is -2.88. The summed E-state index contributed by atoms with van der Waals surface area (Å²) in [7, 11) is 0. The molecule has 11 heteroatoms. The van der Waals surface area contributed by atoms with Crippen molar-refractivity contribution < 1.29 is 13.6 Å². The van der Waals surface area contributed by atoms with Gasteiger partial charge >= 0.3 is 0 Å². The lowest BCUT2D eigenvalue weighted by Crippen LogP contribution is -2.39. The van der Waals surface area contributed by atoms with Crippen LogP contribution in [0.5, 0.6) is 0 Å². The van der Waals surface area contributed by atoms with Crippen molar-refractivity contribution in [1.29, 1.82) is 0 Å². The lowest BCUT2D eigenvalue weighted by Gasteiger charge is -2.34. The van der Waals surface area contributed by atoms with Gasteiger partial charge in [0.25, 0.3) is 11.8 Å². The first-order valence-corrected chi connectivity index (χ1v) is 11.8. The molecule has 2 aromatic heterocycles. The smallest absolute Gasteiger partial charge is 0.260 e. The second kappa shape index (κ2) is 8.72. The van der Waals surface area contributed by atoms with E-state index < -0.39 is 11.8 Å². The zero-order chi connectivity index (χ0) is 23.9. The van der Waals surface area contributed by atoms with Crippen LogP contribution in [-0.2, 0) is 0 Å². The van der Waals surface area contributed by atoms with Crippen molar-refractivity contribution in [3.63, 3.8) is 0 Å². The fraction of sp³-hybridized carbons (Fsp3) is 0.522. The van der Waals surface area contributed by atoms with E-state index in [1.807, 2.05) is 0 Å². The van der Waals surface area contributed by atoms with E-state index >= 15 is 0 Å². The minimum atomic E-state index is -2.73. The van der Waals surface area contributed by atoms with Gasteiger partial charge in [0.15, 0.2) is 11.5 Å². The van der Waals surface area contributed by atoms with Crippen molar-refractivity contribution in [3.8, 4) is 0 Å². The van der Waals surface area contributed by atoms with Crippen molar-refractivity contribution in [2.45, 2.75) is 44.4 Å². The van der Waals surface area contributed by atoms with Gasteiger partial charge in [-0.3, -0.25) is 4.79 Å². The molecule has 2 aliphatic heterocycles. The van der Waals surface area contributed by atoms with Crippen LogP contribution >= 0.6 is 11.6 Å². The molecule has 1 N–H and O–H groups in total. The molecule has 1 saturated carbocycles. The normalized spacial score (nSPS) is 20.8. The van der Waals surface area contributed by atoms with Gasteiger partial charge in [-0.2, -0.15) is 0 Å². The summed E-state index contributed by atoms with van der Waals surface area (Å²) in [6.07, 6.45) is 5.52. The Balaban J connectivity index is 1.36. The highest BCUT2D eigenvalue weighted by molar-refractivity contribution is 6.30. The van der Waals surface area contributed by atoms with Crippen LogP contribution in [0.3, 0.4) is 0 Å². The van der Waals surface area contributed by atoms with Gasteiger partial charge in [-0.05, 0) is 54.5 Å². The Bertz CT molecular complexity index is 1110. The standard InChI is InChI=1S/C23H25ClF2N6O2/c24-18-13-17(31-9-5-22(3-4-22)6-10-31)15(14-27-18)21(33)29-19-2-1-16(30-34)20(28-19)32-11-7-23(25,26)8-12-32/h1-2,13-14H,3-12H2,(H,28,29,33). The van der Waals surface area contributed by atoms with Crippen LogP contribution in [0, 0.1) is 10.3 Å². The van der Waals surface area contributed by atoms with E-state index in [2.05, 4.69) is 25.4 Å². The van der Waals surface area contributed by atoms with E-state index in [1.54, 1.807) is 11.0 Å². The molecule has 1 aliphatic carbocycles. The molecule has 0 unspecified atom stereocenters. The van der Waals surface area contributed by atoms with Gasteiger partial charge in [0.05, 0.1) is 11.3 Å². The third-order valence-electron chi connectivity index (χ3n) is 7.20. The number of nitrogens with one attached hydrogen (secondary N) is 1. The summed E-state index contributed by atoms with van der Waals surface area (Å²) in [5, 5.41) is 6.04. The Morgan fingerprint density at radius 2 is 1.71 bits per heavy atom. The number of rotatable bonds is 5. The Labute approximate surface area is 200 Å². The van der Waals surface area contributed by atoms with E-state index in [-0.39, 0.29) is 43.3 Å². The summed E-state index contributed by atoms with van der Waals surface area (Å²) in [6.45, 7) is 1.79. The number of hydrogen-bond donors (Lipinski definition) is 1. The van der Waals surface area contributed by atoms with Crippen LogP contribution in [0.4, 0.5) is 31.8 Å². The highest BCUT2D eigenvalue weighted by atomic mass is 35.5. The van der Waals surface area contributed by atoms with E-state index in [0.717, 1.165) is 31.6 Å². The fourth-order valence-corrected chi connectivity index (χ4v) is 4.95. The molecule has 1 spiro atoms. The van der Waals surface area contributed by atoms with Gasteiger partial charge in [-0.1, -0.05) is 11.6 Å². The molecule has 3 fully saturated rings. The number of amides is 1. The van der Waals surface area contributed by atoms with Gasteiger partial charge < -0.3 is 15.1 Å². The van der Waals surface area contributed by atoms with Crippen molar-refractivity contribution in [3.05, 3.63) is 40.0 Å². The number of aromatic nitrogens is 2. The predicted molar refractivity (Wildman–Crippen MR) is 126 cm³/mol. The molecule has 2 aromatic rings. The number of carbonyl (C=O) groups is 1. The Morgan fingerprint density at radius 1 is 1.03 bits per heavy atom. The lowest BCUT2D eigenvalue weighted by molar-refractivity contribution is -0.0221. The lowest BCUT2D eigenvalue weighted by atomic mass is 9.93. The third kappa shape index (κ3) is 4.68. The molecule has 4 heterocycles. The second-order valence-electron chi connectivity index (χ2n) is 9.44. The average Bonchev–Trinajstić information content (AvgIpc) is 3.58. The van der Waals surface area contributed by atoms with E-state index in [1.165, 1.54) is 31.2 Å². The molecule has 0 atom stereocenters. The van der Waals surface area contributed by atoms with E-state index in [4.69, 9.17) is 11.6 Å². The maximum Gasteiger partial charge on any atom is 0.260 e. The SMILES string of the molecule is O=Nc1ccc(NC(=O)c2cnc(Cl)cc2N2CCC3(CC2)CC3)nc1N1CCC(F)(F)CC1. The molecule has 0 aromatic carbocycles. The summed E-state index contributed by atoms with van der Waals surface area (Å²) >= 11 is 6.15. The first kappa shape index (κ1) is 22.9. The fourth-order valence-electron chi connectivity index (χ4n) is 4.80. The van der Waals surface area contributed by atoms with Crippen LogP contribution in [0.15, 0.2) is 29.6 Å². The minimum absolute atomic E-state index is 0.0411. The first-order chi connectivity index (χ1) is 16.3. The van der Waals surface area contributed by atoms with Crippen LogP contribution < -0.4 is 15.1 Å². The maximum atomic E-state index is 13.6. The highest BCUT2D eigenvalue weighted by Crippen LogP contribution is 2.54. The molecule has 34 heavy (non-hydrogen) atoms. The number of carbonyl (C=O) groups excluding carboxylic acids is 1. The van der Waals surface area contributed by atoms with E-state index in [9.17, 15) is 18.5 Å². The number of alkyl halides is 2. The maximum absolute atomic E-state index is 13.6. The number of piperidine rings is 2. The van der Waals surface area contributed by atoms with Gasteiger partial charge in [0.2, 0.25) is 0 Å². The van der Waals surface area contributed by atoms with Gasteiger partial charge in [0, 0.05) is 45.2 Å². The summed E-state index contributed by atoms with van der Waals surface area (Å²) in [6, 6.07) is 4.60. The zero-order valence-corrected chi connectivity index (χ0v) is 19.3. The third-order valence-corrected chi connectivity index (χ3v) is 7.41. The number of hydrogen-bond acceptors (Lipinski definition) is 7. The molecule has 0 bridgehead atoms. The zero-order valence-electron chi connectivity index (χ0n) is 18.6. The molecular weight excluding hydrogens is 466 g/mol. The molecule has 180 valence electrons. The monoisotopic (exact) mass is 490 g/mol. The predicted octanol–water partition coefficient (Wildman–Crippen LogP) is 5.40. The van der Waals surface area contributed by atoms with Crippen molar-refractivity contribution >= 4 is 40.5 Å².